The third-order valence-corrected chi connectivity index (χ3v) is 13.2. The van der Waals surface area contributed by atoms with Crippen molar-refractivity contribution in [1.29, 1.82) is 0 Å². The van der Waals surface area contributed by atoms with Gasteiger partial charge < -0.3 is 13.9 Å². The molecule has 9 aromatic carbocycles. The van der Waals surface area contributed by atoms with Gasteiger partial charge in [-0.2, -0.15) is 18.2 Å². The molecule has 0 radical (unpaired) electrons. The Hall–Kier alpha value is -8.11. The van der Waals surface area contributed by atoms with E-state index in [2.05, 4.69) is 118 Å². The van der Waals surface area contributed by atoms with Gasteiger partial charge in [0.25, 0.3) is 6.33 Å². The van der Waals surface area contributed by atoms with Crippen molar-refractivity contribution in [2.45, 2.75) is 46.0 Å². The van der Waals surface area contributed by atoms with E-state index in [1.807, 2.05) is 72.9 Å². The molecule has 0 aliphatic carbocycles. The van der Waals surface area contributed by atoms with Gasteiger partial charge in [-0.25, -0.2) is 4.98 Å². The van der Waals surface area contributed by atoms with Gasteiger partial charge in [0, 0.05) is 49.8 Å². The van der Waals surface area contributed by atoms with E-state index in [1.165, 1.54) is 5.56 Å². The molecule has 358 valence electrons. The molecular weight excluding hydrogens is 1070 g/mol. The van der Waals surface area contributed by atoms with Gasteiger partial charge in [-0.3, -0.25) is 4.57 Å². The predicted molar refractivity (Wildman–Crippen MR) is 294 cm³/mol. The van der Waals surface area contributed by atoms with Crippen LogP contribution in [0, 0.1) is 18.5 Å². The second-order valence-corrected chi connectivity index (χ2v) is 19.1. The van der Waals surface area contributed by atoms with E-state index in [9.17, 15) is 0 Å². The molecule has 3 heterocycles. The zero-order valence-electron chi connectivity index (χ0n) is 50.6. The van der Waals surface area contributed by atoms with Crippen molar-refractivity contribution in [2.24, 2.45) is 0 Å². The van der Waals surface area contributed by atoms with Crippen LogP contribution in [0.3, 0.4) is 0 Å². The van der Waals surface area contributed by atoms with Crippen LogP contribution in [0.5, 0.6) is 11.5 Å². The molecule has 6 heteroatoms. The molecule has 0 atom stereocenters. The van der Waals surface area contributed by atoms with E-state index >= 15 is 0 Å². The molecular formula is C67H52N4OPt-2. The number of rotatable bonds is 10. The number of ether oxygens (including phenoxy) is 1. The van der Waals surface area contributed by atoms with Gasteiger partial charge in [0.1, 0.15) is 5.82 Å². The number of nitrogens with zero attached hydrogens (tertiary/aromatic N) is 4. The summed E-state index contributed by atoms with van der Waals surface area (Å²) in [5.41, 5.74) is 10.3. The largest absolute Gasteiger partial charge is 0.510 e. The number of fused-ring (bicyclic) bond motifs is 4. The fraction of sp³-hybridized carbons (Fsp3) is 0.104. The molecule has 12 aromatic rings. The minimum Gasteiger partial charge on any atom is -0.510 e. The standard InChI is InChI=1S/C67H52N4O.Pt/c1-45(2)58-42-65(68-43-60(58)49-31-34-51(35-32-49)67(3,4)5)71-61-38-33-50(46-19-9-6-10-20-46)39-59(61)57-37-36-54(41-64(57)71)72-53-26-17-25-52(40-53)69-44-70(63-30-16-15-29-62(63)69)66-55(47-21-11-7-12-22-47)27-18-28-56(66)48-23-13-8-14-24-48;/h6-39,42-43,45H,1-5H3;/q-2;/i7D,8D,11D,12D,13D,14D,21D,22D,23D,24D;. The van der Waals surface area contributed by atoms with Gasteiger partial charge in [-0.05, 0) is 84.6 Å². The Morgan fingerprint density at radius 1 is 0.575 bits per heavy atom. The Bertz CT molecular complexity index is 4430. The van der Waals surface area contributed by atoms with Gasteiger partial charge in [-0.1, -0.05) is 210 Å². The first-order valence-corrected chi connectivity index (χ1v) is 23.9. The topological polar surface area (TPSA) is 35.9 Å². The maximum absolute atomic E-state index is 9.07. The van der Waals surface area contributed by atoms with Crippen LogP contribution in [0.2, 0.25) is 0 Å². The number of hydrogen-bond donors (Lipinski definition) is 0. The minimum absolute atomic E-state index is 0. The Morgan fingerprint density at radius 3 is 1.93 bits per heavy atom. The van der Waals surface area contributed by atoms with Crippen LogP contribution in [0.25, 0.3) is 94.5 Å². The monoisotopic (exact) mass is 1130 g/mol. The van der Waals surface area contributed by atoms with Crippen LogP contribution in [-0.2, 0) is 26.5 Å². The van der Waals surface area contributed by atoms with E-state index < -0.39 is 60.4 Å². The van der Waals surface area contributed by atoms with Crippen molar-refractivity contribution in [3.63, 3.8) is 0 Å². The molecule has 0 bridgehead atoms. The summed E-state index contributed by atoms with van der Waals surface area (Å²) in [6.45, 7) is 11.0. The Balaban J connectivity index is 0.00000721. The number of pyridine rings is 1. The molecule has 0 fully saturated rings. The summed E-state index contributed by atoms with van der Waals surface area (Å²) in [6.07, 6.45) is 5.41. The molecule has 0 amide bonds. The molecule has 5 nitrogen and oxygen atoms in total. The van der Waals surface area contributed by atoms with Gasteiger partial charge in [0.15, 0.2) is 0 Å². The summed E-state index contributed by atoms with van der Waals surface area (Å²) in [6, 6.07) is 50.9. The Morgan fingerprint density at radius 2 is 1.23 bits per heavy atom. The summed E-state index contributed by atoms with van der Waals surface area (Å²) < 4.78 is 99.8. The second-order valence-electron chi connectivity index (χ2n) is 19.1. The smallest absolute Gasteiger partial charge is 0.268 e. The maximum atomic E-state index is 9.07. The zero-order valence-corrected chi connectivity index (χ0v) is 42.9. The van der Waals surface area contributed by atoms with Crippen LogP contribution < -0.4 is 9.30 Å². The van der Waals surface area contributed by atoms with Crippen LogP contribution in [0.1, 0.15) is 65.4 Å². The van der Waals surface area contributed by atoms with Crippen molar-refractivity contribution >= 4 is 32.8 Å². The third kappa shape index (κ3) is 8.89. The van der Waals surface area contributed by atoms with Crippen molar-refractivity contribution < 1.29 is 44.1 Å². The first kappa shape index (κ1) is 36.8. The fourth-order valence-corrected chi connectivity index (χ4v) is 9.59. The average Bonchev–Trinajstić information content (AvgIpc) is 3.51. The van der Waals surface area contributed by atoms with Crippen molar-refractivity contribution in [2.75, 3.05) is 0 Å². The second kappa shape index (κ2) is 19.5. The number of para-hydroxylation sites is 3. The van der Waals surface area contributed by atoms with Crippen LogP contribution in [-0.4, -0.2) is 14.1 Å². The molecule has 0 aliphatic rings. The van der Waals surface area contributed by atoms with E-state index in [0.717, 1.165) is 55.4 Å². The Kier molecular flexibility index (Phi) is 9.81. The molecule has 0 N–H and O–H groups in total. The molecule has 73 heavy (non-hydrogen) atoms. The summed E-state index contributed by atoms with van der Waals surface area (Å²) in [5.74, 6) is 1.68. The Labute approximate surface area is 456 Å². The average molecular weight is 1130 g/mol. The number of hydrogen-bond acceptors (Lipinski definition) is 2. The normalized spacial score (nSPS) is 13.6. The molecule has 0 unspecified atom stereocenters. The third-order valence-electron chi connectivity index (χ3n) is 13.2. The maximum Gasteiger partial charge on any atom is 0.268 e. The SMILES string of the molecule is [2H]c1c([2H])c([2H])c(-c2cccc(-c3c([2H])c([2H])c([2H])c([2H])c3[2H])c2-[n+]2[c-]n(-c3[c-]c(Oc4[c-]c5c(cc4)c4cc(-c6ccccc6)ccc4n5-c4cc(C(C)C)c(-c5ccc(C(C)(C)C)cc5)cn4)ccc3)c3ccccc32)c([2H])c1[2H].[Pt]. The van der Waals surface area contributed by atoms with Crippen LogP contribution >= 0.6 is 0 Å². The van der Waals surface area contributed by atoms with Crippen molar-refractivity contribution in [3.05, 3.63) is 248 Å². The van der Waals surface area contributed by atoms with E-state index in [-0.39, 0.29) is 60.3 Å². The van der Waals surface area contributed by atoms with E-state index in [4.69, 9.17) is 23.4 Å². The van der Waals surface area contributed by atoms with Crippen molar-refractivity contribution in [1.82, 2.24) is 14.1 Å². The summed E-state index contributed by atoms with van der Waals surface area (Å²) >= 11 is 0. The number of aromatic nitrogens is 4. The first-order chi connectivity index (χ1) is 39.3. The van der Waals surface area contributed by atoms with Crippen molar-refractivity contribution in [3.8, 4) is 73.2 Å². The summed E-state index contributed by atoms with van der Waals surface area (Å²) in [4.78, 5) is 5.19. The van der Waals surface area contributed by atoms with Crippen LogP contribution in [0.15, 0.2) is 218 Å². The molecule has 12 rings (SSSR count). The quantitative estimate of drug-likeness (QED) is 0.101. The minimum atomic E-state index is -0.575. The van der Waals surface area contributed by atoms with Gasteiger partial charge in [0.2, 0.25) is 0 Å². The van der Waals surface area contributed by atoms with Gasteiger partial charge in [0.05, 0.1) is 30.4 Å². The number of imidazole rings is 1. The molecule has 0 saturated heterocycles. The first-order valence-electron chi connectivity index (χ1n) is 28.9. The summed E-state index contributed by atoms with van der Waals surface area (Å²) in [7, 11) is 0. The molecule has 0 spiro atoms. The summed E-state index contributed by atoms with van der Waals surface area (Å²) in [5, 5.41) is 1.98. The molecule has 3 aromatic heterocycles. The number of benzene rings is 9. The fourth-order valence-electron chi connectivity index (χ4n) is 9.59. The van der Waals surface area contributed by atoms with Gasteiger partial charge >= 0.3 is 0 Å². The molecule has 0 aliphatic heterocycles. The molecule has 0 saturated carbocycles. The van der Waals surface area contributed by atoms with E-state index in [1.54, 1.807) is 33.4 Å². The van der Waals surface area contributed by atoms with Gasteiger partial charge in [-0.15, -0.1) is 29.7 Å². The zero-order chi connectivity index (χ0) is 57.6. The van der Waals surface area contributed by atoms with E-state index in [0.29, 0.717) is 28.2 Å². The van der Waals surface area contributed by atoms with Crippen LogP contribution in [0.4, 0.5) is 0 Å². The predicted octanol–water partition coefficient (Wildman–Crippen LogP) is 16.7.